The maximum atomic E-state index is 12.5. The Hall–Kier alpha value is -3.29. The molecule has 31 heavy (non-hydrogen) atoms. The number of ether oxygens (including phenoxy) is 3. The van der Waals surface area contributed by atoms with Gasteiger partial charge < -0.3 is 24.1 Å². The van der Waals surface area contributed by atoms with Gasteiger partial charge in [-0.05, 0) is 50.5 Å². The predicted octanol–water partition coefficient (Wildman–Crippen LogP) is 3.04. The first-order chi connectivity index (χ1) is 14.8. The normalized spacial score (nSPS) is 12.2. The zero-order valence-electron chi connectivity index (χ0n) is 18.3. The van der Waals surface area contributed by atoms with Crippen molar-refractivity contribution in [3.63, 3.8) is 0 Å². The minimum absolute atomic E-state index is 0.112. The lowest BCUT2D eigenvalue weighted by molar-refractivity contribution is -0.141. The van der Waals surface area contributed by atoms with E-state index >= 15 is 0 Å². The van der Waals surface area contributed by atoms with Gasteiger partial charge in [-0.15, -0.1) is 0 Å². The van der Waals surface area contributed by atoms with Gasteiger partial charge in [-0.3, -0.25) is 14.4 Å². The number of esters is 1. The number of nitrogens with one attached hydrogen (secondary N) is 1. The molecule has 1 aliphatic heterocycles. The van der Waals surface area contributed by atoms with Gasteiger partial charge >= 0.3 is 5.97 Å². The van der Waals surface area contributed by atoms with Crippen molar-refractivity contribution >= 4 is 17.7 Å². The number of rotatable bonds is 9. The van der Waals surface area contributed by atoms with Crippen LogP contribution in [0.5, 0.6) is 11.5 Å². The first-order valence-electron chi connectivity index (χ1n) is 10.3. The molecule has 1 aliphatic rings. The smallest absolute Gasteiger partial charge is 0.325 e. The van der Waals surface area contributed by atoms with Gasteiger partial charge in [0.25, 0.3) is 5.91 Å². The fraction of sp³-hybridized carbons (Fsp3) is 0.435. The number of ketones is 1. The fourth-order valence-electron chi connectivity index (χ4n) is 3.38. The Morgan fingerprint density at radius 3 is 2.61 bits per heavy atom. The third-order valence-corrected chi connectivity index (χ3v) is 5.20. The Bertz CT molecular complexity index is 992. The van der Waals surface area contributed by atoms with Gasteiger partial charge in [0, 0.05) is 29.1 Å². The number of fused-ring (bicyclic) bond motifs is 1. The lowest BCUT2D eigenvalue weighted by Gasteiger charge is -2.11. The number of hydrogen-bond acceptors (Lipinski definition) is 6. The summed E-state index contributed by atoms with van der Waals surface area (Å²) in [7, 11) is 0. The van der Waals surface area contributed by atoms with E-state index in [2.05, 4.69) is 23.7 Å². The molecule has 0 saturated heterocycles. The molecule has 1 N–H and O–H groups in total. The monoisotopic (exact) mass is 428 g/mol. The van der Waals surface area contributed by atoms with Crippen LogP contribution in [-0.4, -0.2) is 42.2 Å². The fourth-order valence-corrected chi connectivity index (χ4v) is 3.38. The Kier molecular flexibility index (Phi) is 6.99. The number of aromatic nitrogens is 1. The van der Waals surface area contributed by atoms with E-state index in [9.17, 15) is 14.4 Å². The predicted molar refractivity (Wildman–Crippen MR) is 114 cm³/mol. The Morgan fingerprint density at radius 2 is 1.87 bits per heavy atom. The first-order valence-corrected chi connectivity index (χ1v) is 10.3. The number of aryl methyl sites for hydroxylation is 1. The number of carbonyl (C=O) groups excluding carboxylic acids is 3. The van der Waals surface area contributed by atoms with Crippen molar-refractivity contribution in [2.75, 3.05) is 19.9 Å². The second kappa shape index (κ2) is 9.68. The second-order valence-corrected chi connectivity index (χ2v) is 7.95. The van der Waals surface area contributed by atoms with E-state index in [1.165, 1.54) is 0 Å². The van der Waals surface area contributed by atoms with Crippen molar-refractivity contribution in [2.24, 2.45) is 5.92 Å². The molecule has 2 heterocycles. The van der Waals surface area contributed by atoms with Crippen molar-refractivity contribution < 1.29 is 28.6 Å². The summed E-state index contributed by atoms with van der Waals surface area (Å²) in [6.07, 6.45) is 1.02. The van der Waals surface area contributed by atoms with Gasteiger partial charge in [-0.2, -0.15) is 0 Å². The third-order valence-electron chi connectivity index (χ3n) is 5.20. The molecule has 8 heteroatoms. The van der Waals surface area contributed by atoms with E-state index in [4.69, 9.17) is 14.2 Å². The summed E-state index contributed by atoms with van der Waals surface area (Å²) in [5.74, 6) is 0.213. The molecule has 2 aromatic rings. The molecule has 166 valence electrons. The summed E-state index contributed by atoms with van der Waals surface area (Å²) < 4.78 is 17.6. The van der Waals surface area contributed by atoms with E-state index in [1.54, 1.807) is 18.2 Å². The van der Waals surface area contributed by atoms with Crippen LogP contribution in [0.15, 0.2) is 24.3 Å². The molecule has 8 nitrogen and oxygen atoms in total. The Morgan fingerprint density at radius 1 is 1.13 bits per heavy atom. The number of carbonyl (C=O) groups is 3. The largest absolute Gasteiger partial charge is 0.456 e. The van der Waals surface area contributed by atoms with Crippen molar-refractivity contribution in [2.45, 2.75) is 40.7 Å². The molecule has 0 spiro atoms. The molecule has 0 atom stereocenters. The van der Waals surface area contributed by atoms with Gasteiger partial charge in [0.05, 0.1) is 0 Å². The molecule has 0 saturated carbocycles. The lowest BCUT2D eigenvalue weighted by Crippen LogP contribution is -2.31. The SMILES string of the molecule is Cc1cc(C(=O)COC(=O)CNC(=O)c2ccc3c(c2)OCO3)c(C)n1CCC(C)C. The average Bonchev–Trinajstić information content (AvgIpc) is 3.32. The highest BCUT2D eigenvalue weighted by Crippen LogP contribution is 2.32. The number of amides is 1. The summed E-state index contributed by atoms with van der Waals surface area (Å²) >= 11 is 0. The first kappa shape index (κ1) is 22.4. The summed E-state index contributed by atoms with van der Waals surface area (Å²) in [4.78, 5) is 36.8. The van der Waals surface area contributed by atoms with Gasteiger partial charge in [-0.1, -0.05) is 13.8 Å². The molecule has 3 rings (SSSR count). The maximum absolute atomic E-state index is 12.5. The van der Waals surface area contributed by atoms with E-state index in [-0.39, 0.29) is 25.7 Å². The number of Topliss-reactive ketones (excluding diaryl/α,β-unsaturated/α-hetero) is 1. The molecular weight excluding hydrogens is 400 g/mol. The summed E-state index contributed by atoms with van der Waals surface area (Å²) in [5.41, 5.74) is 2.76. The molecule has 0 radical (unpaired) electrons. The molecule has 0 bridgehead atoms. The van der Waals surface area contributed by atoms with Crippen molar-refractivity contribution in [1.82, 2.24) is 9.88 Å². The zero-order valence-corrected chi connectivity index (χ0v) is 18.3. The van der Waals surface area contributed by atoms with Crippen LogP contribution in [0, 0.1) is 19.8 Å². The number of nitrogens with zero attached hydrogens (tertiary/aromatic N) is 1. The van der Waals surface area contributed by atoms with Crippen LogP contribution in [0.1, 0.15) is 52.4 Å². The molecule has 1 aromatic carbocycles. The summed E-state index contributed by atoms with van der Waals surface area (Å²) in [6.45, 7) is 8.42. The average molecular weight is 428 g/mol. The number of benzene rings is 1. The van der Waals surface area contributed by atoms with Gasteiger partial charge in [0.1, 0.15) is 6.54 Å². The highest BCUT2D eigenvalue weighted by atomic mass is 16.7. The molecule has 0 fully saturated rings. The number of hydrogen-bond donors (Lipinski definition) is 1. The van der Waals surface area contributed by atoms with Gasteiger partial charge in [-0.25, -0.2) is 0 Å². The van der Waals surface area contributed by atoms with E-state index < -0.39 is 11.9 Å². The zero-order chi connectivity index (χ0) is 22.5. The molecular formula is C23H28N2O6. The maximum Gasteiger partial charge on any atom is 0.325 e. The third kappa shape index (κ3) is 5.45. The highest BCUT2D eigenvalue weighted by molar-refractivity contribution is 6.00. The van der Waals surface area contributed by atoms with Gasteiger partial charge in [0.15, 0.2) is 18.1 Å². The van der Waals surface area contributed by atoms with Crippen molar-refractivity contribution in [3.05, 3.63) is 46.8 Å². The van der Waals surface area contributed by atoms with Crippen LogP contribution in [0.2, 0.25) is 0 Å². The van der Waals surface area contributed by atoms with Crippen LogP contribution < -0.4 is 14.8 Å². The van der Waals surface area contributed by atoms with Crippen LogP contribution >= 0.6 is 0 Å². The van der Waals surface area contributed by atoms with Crippen LogP contribution in [0.3, 0.4) is 0 Å². The van der Waals surface area contributed by atoms with Gasteiger partial charge in [0.2, 0.25) is 12.6 Å². The quantitative estimate of drug-likeness (QED) is 0.487. The van der Waals surface area contributed by atoms with E-state index in [0.717, 1.165) is 24.4 Å². The van der Waals surface area contributed by atoms with Crippen molar-refractivity contribution in [3.8, 4) is 11.5 Å². The van der Waals surface area contributed by atoms with Crippen molar-refractivity contribution in [1.29, 1.82) is 0 Å². The van der Waals surface area contributed by atoms with E-state index in [1.807, 2.05) is 19.9 Å². The minimum atomic E-state index is -0.684. The standard InChI is InChI=1S/C23H28N2O6/c1-14(2)7-8-25-15(3)9-18(16(25)4)19(26)12-29-22(27)11-24-23(28)17-5-6-20-21(10-17)31-13-30-20/h5-6,9-10,14H,7-8,11-13H2,1-4H3,(H,24,28). The molecule has 0 unspecified atom stereocenters. The second-order valence-electron chi connectivity index (χ2n) is 7.95. The topological polar surface area (TPSA) is 95.9 Å². The molecule has 1 amide bonds. The Balaban J connectivity index is 1.49. The minimum Gasteiger partial charge on any atom is -0.456 e. The summed E-state index contributed by atoms with van der Waals surface area (Å²) in [6, 6.07) is 6.58. The molecule has 1 aromatic heterocycles. The van der Waals surface area contributed by atoms with Crippen LogP contribution in [0.25, 0.3) is 0 Å². The summed E-state index contributed by atoms with van der Waals surface area (Å²) in [5, 5.41) is 2.48. The lowest BCUT2D eigenvalue weighted by atomic mass is 10.1. The van der Waals surface area contributed by atoms with Crippen LogP contribution in [0.4, 0.5) is 0 Å². The van der Waals surface area contributed by atoms with Crippen LogP contribution in [-0.2, 0) is 16.1 Å². The Labute approximate surface area is 181 Å². The van der Waals surface area contributed by atoms with E-state index in [0.29, 0.717) is 28.5 Å². The molecule has 0 aliphatic carbocycles. The highest BCUT2D eigenvalue weighted by Gasteiger charge is 2.19.